The number of nitrogens with two attached hydrogens (primary N) is 1. The molecule has 146 valence electrons. The molecule has 0 saturated carbocycles. The number of halogens is 1. The highest BCUT2D eigenvalue weighted by molar-refractivity contribution is 5.83. The number of aliphatic imine (C=N–C) groups is 1. The van der Waals surface area contributed by atoms with Gasteiger partial charge in [0.05, 0.1) is 0 Å². The van der Waals surface area contributed by atoms with Gasteiger partial charge < -0.3 is 20.9 Å². The van der Waals surface area contributed by atoms with Crippen molar-refractivity contribution in [1.29, 1.82) is 0 Å². The standard InChI is InChI=1S/C20H28FN5O/c1-2-23-20(26-9-3-4-14(13-26)10-19(22)27)24-8-7-15-12-25-18-11-16(21)5-6-17(15)18/h5-6,11-12,14,25H,2-4,7-10,13H2,1H3,(H2,22,27)(H,23,24). The molecule has 4 N–H and O–H groups in total. The first-order valence-electron chi connectivity index (χ1n) is 9.64. The SMILES string of the molecule is CCNC(=NCCc1c[nH]c2cc(F)ccc12)N1CCCC(CC(N)=O)C1. The zero-order valence-corrected chi connectivity index (χ0v) is 15.8. The second kappa shape index (κ2) is 8.88. The van der Waals surface area contributed by atoms with Crippen molar-refractivity contribution in [3.63, 3.8) is 0 Å². The molecule has 2 heterocycles. The summed E-state index contributed by atoms with van der Waals surface area (Å²) in [6, 6.07) is 4.81. The molecule has 1 aromatic heterocycles. The molecule has 1 amide bonds. The van der Waals surface area contributed by atoms with Crippen molar-refractivity contribution in [3.8, 4) is 0 Å². The van der Waals surface area contributed by atoms with Crippen LogP contribution in [0.1, 0.15) is 31.7 Å². The molecular formula is C20H28FN5O. The number of nitrogens with one attached hydrogen (secondary N) is 2. The highest BCUT2D eigenvalue weighted by Crippen LogP contribution is 2.21. The average Bonchev–Trinajstić information content (AvgIpc) is 3.02. The largest absolute Gasteiger partial charge is 0.370 e. The number of rotatable bonds is 6. The molecule has 1 saturated heterocycles. The number of carbonyl (C=O) groups excluding carboxylic acids is 1. The fraction of sp³-hybridized carbons (Fsp3) is 0.500. The Hall–Kier alpha value is -2.57. The van der Waals surface area contributed by atoms with Crippen LogP contribution < -0.4 is 11.1 Å². The van der Waals surface area contributed by atoms with Gasteiger partial charge in [-0.3, -0.25) is 9.79 Å². The fourth-order valence-electron chi connectivity index (χ4n) is 3.78. The van der Waals surface area contributed by atoms with Gasteiger partial charge in [0, 0.05) is 49.7 Å². The van der Waals surface area contributed by atoms with Gasteiger partial charge >= 0.3 is 0 Å². The number of nitrogens with zero attached hydrogens (tertiary/aromatic N) is 2. The third kappa shape index (κ3) is 4.99. The molecule has 7 heteroatoms. The molecule has 0 bridgehead atoms. The Morgan fingerprint density at radius 2 is 2.33 bits per heavy atom. The summed E-state index contributed by atoms with van der Waals surface area (Å²) in [4.78, 5) is 21.4. The van der Waals surface area contributed by atoms with Crippen LogP contribution >= 0.6 is 0 Å². The number of carbonyl (C=O) groups is 1. The zero-order chi connectivity index (χ0) is 19.2. The van der Waals surface area contributed by atoms with Gasteiger partial charge in [-0.2, -0.15) is 0 Å². The van der Waals surface area contributed by atoms with Crippen molar-refractivity contribution in [2.75, 3.05) is 26.2 Å². The molecule has 1 aromatic carbocycles. The van der Waals surface area contributed by atoms with Gasteiger partial charge in [-0.25, -0.2) is 4.39 Å². The van der Waals surface area contributed by atoms with Crippen LogP contribution in [0.15, 0.2) is 29.4 Å². The van der Waals surface area contributed by atoms with Gasteiger partial charge in [-0.05, 0) is 55.9 Å². The van der Waals surface area contributed by atoms with E-state index in [-0.39, 0.29) is 11.7 Å². The van der Waals surface area contributed by atoms with Crippen LogP contribution in [0.5, 0.6) is 0 Å². The molecule has 0 aliphatic carbocycles. The summed E-state index contributed by atoms with van der Waals surface area (Å²) in [6.45, 7) is 5.23. The maximum absolute atomic E-state index is 13.3. The molecule has 0 spiro atoms. The van der Waals surface area contributed by atoms with E-state index in [1.807, 2.05) is 12.3 Å². The van der Waals surface area contributed by atoms with Crippen LogP contribution in [0.3, 0.4) is 0 Å². The van der Waals surface area contributed by atoms with Crippen molar-refractivity contribution in [3.05, 3.63) is 35.8 Å². The lowest BCUT2D eigenvalue weighted by molar-refractivity contribution is -0.119. The van der Waals surface area contributed by atoms with Crippen LogP contribution in [-0.2, 0) is 11.2 Å². The minimum atomic E-state index is -0.237. The summed E-state index contributed by atoms with van der Waals surface area (Å²) in [5.74, 6) is 0.708. The number of aromatic amines is 1. The summed E-state index contributed by atoms with van der Waals surface area (Å²) in [7, 11) is 0. The molecule has 6 nitrogen and oxygen atoms in total. The van der Waals surface area contributed by atoms with E-state index in [1.54, 1.807) is 0 Å². The van der Waals surface area contributed by atoms with Gasteiger partial charge in [0.25, 0.3) is 0 Å². The minimum Gasteiger partial charge on any atom is -0.370 e. The van der Waals surface area contributed by atoms with E-state index in [1.165, 1.54) is 12.1 Å². The Kier molecular flexibility index (Phi) is 6.32. The second-order valence-electron chi connectivity index (χ2n) is 7.11. The summed E-state index contributed by atoms with van der Waals surface area (Å²) in [5.41, 5.74) is 7.31. The fourth-order valence-corrected chi connectivity index (χ4v) is 3.78. The number of likely N-dealkylation sites (tertiary alicyclic amines) is 1. The van der Waals surface area contributed by atoms with E-state index in [9.17, 15) is 9.18 Å². The average molecular weight is 373 g/mol. The van der Waals surface area contributed by atoms with Crippen LogP contribution in [0.25, 0.3) is 10.9 Å². The van der Waals surface area contributed by atoms with Crippen LogP contribution in [0.4, 0.5) is 4.39 Å². The summed E-state index contributed by atoms with van der Waals surface area (Å²) >= 11 is 0. The predicted octanol–water partition coefficient (Wildman–Crippen LogP) is 2.40. The predicted molar refractivity (Wildman–Crippen MR) is 106 cm³/mol. The third-order valence-corrected chi connectivity index (χ3v) is 5.02. The van der Waals surface area contributed by atoms with E-state index in [2.05, 4.69) is 22.1 Å². The lowest BCUT2D eigenvalue weighted by Crippen LogP contribution is -2.47. The summed E-state index contributed by atoms with van der Waals surface area (Å²) in [5, 5.41) is 4.39. The van der Waals surface area contributed by atoms with Gasteiger partial charge in [0.15, 0.2) is 5.96 Å². The molecule has 1 aliphatic rings. The van der Waals surface area contributed by atoms with E-state index >= 15 is 0 Å². The van der Waals surface area contributed by atoms with Crippen LogP contribution in [0.2, 0.25) is 0 Å². The number of benzene rings is 1. The summed E-state index contributed by atoms with van der Waals surface area (Å²) < 4.78 is 13.3. The van der Waals surface area contributed by atoms with E-state index in [0.717, 1.165) is 61.3 Å². The topological polar surface area (TPSA) is 86.5 Å². The number of H-pyrrole nitrogens is 1. The maximum atomic E-state index is 13.3. The Labute approximate surface area is 159 Å². The second-order valence-corrected chi connectivity index (χ2v) is 7.11. The molecule has 2 aromatic rings. The Morgan fingerprint density at radius 3 is 3.11 bits per heavy atom. The lowest BCUT2D eigenvalue weighted by atomic mass is 9.95. The first-order chi connectivity index (χ1) is 13.1. The van der Waals surface area contributed by atoms with Crippen LogP contribution in [0, 0.1) is 11.7 Å². The van der Waals surface area contributed by atoms with Gasteiger partial charge in [-0.15, -0.1) is 0 Å². The van der Waals surface area contributed by atoms with Gasteiger partial charge in [0.1, 0.15) is 5.82 Å². The number of aromatic nitrogens is 1. The number of fused-ring (bicyclic) bond motifs is 1. The van der Waals surface area contributed by atoms with E-state index < -0.39 is 0 Å². The number of primary amides is 1. The van der Waals surface area contributed by atoms with Gasteiger partial charge in [-0.1, -0.05) is 0 Å². The lowest BCUT2D eigenvalue weighted by Gasteiger charge is -2.34. The maximum Gasteiger partial charge on any atom is 0.217 e. The molecule has 1 fully saturated rings. The van der Waals surface area contributed by atoms with Crippen molar-refractivity contribution < 1.29 is 9.18 Å². The Bertz CT molecular complexity index is 816. The first-order valence-corrected chi connectivity index (χ1v) is 9.64. The number of amides is 1. The Morgan fingerprint density at radius 1 is 1.48 bits per heavy atom. The monoisotopic (exact) mass is 373 g/mol. The van der Waals surface area contributed by atoms with E-state index in [4.69, 9.17) is 10.7 Å². The minimum absolute atomic E-state index is 0.237. The number of hydrogen-bond donors (Lipinski definition) is 3. The first kappa shape index (κ1) is 19.2. The molecular weight excluding hydrogens is 345 g/mol. The van der Waals surface area contributed by atoms with Crippen molar-refractivity contribution in [2.45, 2.75) is 32.6 Å². The highest BCUT2D eigenvalue weighted by Gasteiger charge is 2.23. The van der Waals surface area contributed by atoms with Crippen LogP contribution in [-0.4, -0.2) is 47.9 Å². The molecule has 1 atom stereocenters. The zero-order valence-electron chi connectivity index (χ0n) is 15.8. The quantitative estimate of drug-likeness (QED) is 0.537. The number of piperidine rings is 1. The molecule has 0 radical (unpaired) electrons. The molecule has 1 unspecified atom stereocenters. The van der Waals surface area contributed by atoms with E-state index in [0.29, 0.717) is 18.9 Å². The van der Waals surface area contributed by atoms with Crippen molar-refractivity contribution in [2.24, 2.45) is 16.6 Å². The molecule has 1 aliphatic heterocycles. The van der Waals surface area contributed by atoms with Gasteiger partial charge in [0.2, 0.25) is 5.91 Å². The highest BCUT2D eigenvalue weighted by atomic mass is 19.1. The Balaban J connectivity index is 1.65. The third-order valence-electron chi connectivity index (χ3n) is 5.02. The molecule has 27 heavy (non-hydrogen) atoms. The smallest absolute Gasteiger partial charge is 0.217 e. The normalized spacial score (nSPS) is 18.1. The van der Waals surface area contributed by atoms with Crippen molar-refractivity contribution >= 4 is 22.8 Å². The molecule has 3 rings (SSSR count). The number of guanidine groups is 1. The summed E-state index contributed by atoms with van der Waals surface area (Å²) in [6.07, 6.45) is 5.21. The van der Waals surface area contributed by atoms with Crippen molar-refractivity contribution in [1.82, 2.24) is 15.2 Å². The number of hydrogen-bond acceptors (Lipinski definition) is 2.